The molecule has 0 saturated carbocycles. The Morgan fingerprint density at radius 3 is 2.90 bits per heavy atom. The highest BCUT2D eigenvalue weighted by molar-refractivity contribution is 5.56. The van der Waals surface area contributed by atoms with Crippen molar-refractivity contribution in [2.75, 3.05) is 13.2 Å². The number of hydrogen-bond donors (Lipinski definition) is 1. The van der Waals surface area contributed by atoms with Gasteiger partial charge in [-0.25, -0.2) is 4.52 Å². The molecule has 0 aliphatic carbocycles. The molecule has 3 aromatic rings. The topological polar surface area (TPSA) is 74.7 Å². The average Bonchev–Trinajstić information content (AvgIpc) is 2.98. The maximum absolute atomic E-state index is 6.38. The van der Waals surface area contributed by atoms with Crippen LogP contribution in [0.3, 0.4) is 0 Å². The van der Waals surface area contributed by atoms with Crippen LogP contribution in [0.2, 0.25) is 0 Å². The standard InChI is InChI=1S/C15H14N4O2/c16-15(11-8-18-19-4-3-17-9-12(11)19)10-1-2-13-14(7-10)21-6-5-20-13/h1-4,7-9,15H,5-6,16H2. The van der Waals surface area contributed by atoms with Gasteiger partial charge in [0, 0.05) is 18.0 Å². The number of nitrogens with two attached hydrogens (primary N) is 1. The molecular formula is C15H14N4O2. The number of hydrogen-bond acceptors (Lipinski definition) is 5. The molecule has 106 valence electrons. The van der Waals surface area contributed by atoms with Gasteiger partial charge in [0.25, 0.3) is 0 Å². The number of nitrogens with zero attached hydrogens (tertiary/aromatic N) is 3. The van der Waals surface area contributed by atoms with Gasteiger partial charge in [-0.15, -0.1) is 0 Å². The highest BCUT2D eigenvalue weighted by Gasteiger charge is 2.18. The average molecular weight is 282 g/mol. The monoisotopic (exact) mass is 282 g/mol. The molecule has 6 nitrogen and oxygen atoms in total. The number of rotatable bonds is 2. The SMILES string of the molecule is NC(c1ccc2c(c1)OCCO2)c1cnn2ccncc12. The quantitative estimate of drug-likeness (QED) is 0.772. The molecule has 0 radical (unpaired) electrons. The highest BCUT2D eigenvalue weighted by atomic mass is 16.6. The third kappa shape index (κ3) is 2.00. The molecule has 1 aliphatic rings. The van der Waals surface area contributed by atoms with Crippen LogP contribution < -0.4 is 15.2 Å². The Labute approximate surface area is 121 Å². The largest absolute Gasteiger partial charge is 0.486 e. The van der Waals surface area contributed by atoms with Gasteiger partial charge < -0.3 is 15.2 Å². The second kappa shape index (κ2) is 4.75. The maximum Gasteiger partial charge on any atom is 0.161 e. The van der Waals surface area contributed by atoms with E-state index >= 15 is 0 Å². The summed E-state index contributed by atoms with van der Waals surface area (Å²) in [6, 6.07) is 5.49. The summed E-state index contributed by atoms with van der Waals surface area (Å²) < 4.78 is 12.9. The van der Waals surface area contributed by atoms with Gasteiger partial charge in [0.05, 0.1) is 24.0 Å². The minimum Gasteiger partial charge on any atom is -0.486 e. The molecule has 0 fully saturated rings. The lowest BCUT2D eigenvalue weighted by atomic mass is 10.0. The van der Waals surface area contributed by atoms with Crippen LogP contribution >= 0.6 is 0 Å². The van der Waals surface area contributed by atoms with Crippen molar-refractivity contribution < 1.29 is 9.47 Å². The molecule has 6 heteroatoms. The summed E-state index contributed by atoms with van der Waals surface area (Å²) in [7, 11) is 0. The van der Waals surface area contributed by atoms with Gasteiger partial charge in [-0.3, -0.25) is 4.98 Å². The van der Waals surface area contributed by atoms with E-state index in [1.54, 1.807) is 29.3 Å². The van der Waals surface area contributed by atoms with Crippen molar-refractivity contribution in [1.82, 2.24) is 14.6 Å². The van der Waals surface area contributed by atoms with Crippen LogP contribution in [0.25, 0.3) is 5.52 Å². The number of fused-ring (bicyclic) bond motifs is 2. The predicted octanol–water partition coefficient (Wildman–Crippen LogP) is 1.55. The molecule has 1 atom stereocenters. The van der Waals surface area contributed by atoms with E-state index < -0.39 is 0 Å². The Hall–Kier alpha value is -2.60. The molecule has 0 amide bonds. The first-order chi connectivity index (χ1) is 10.3. The molecule has 1 unspecified atom stereocenters. The summed E-state index contributed by atoms with van der Waals surface area (Å²) in [6.45, 7) is 1.14. The zero-order valence-corrected chi connectivity index (χ0v) is 11.3. The molecule has 1 aliphatic heterocycles. The van der Waals surface area contributed by atoms with Crippen LogP contribution in [0.5, 0.6) is 11.5 Å². The van der Waals surface area contributed by atoms with Crippen molar-refractivity contribution in [3.05, 3.63) is 54.1 Å². The van der Waals surface area contributed by atoms with E-state index in [-0.39, 0.29) is 6.04 Å². The van der Waals surface area contributed by atoms with E-state index in [1.807, 2.05) is 18.2 Å². The molecule has 0 bridgehead atoms. The summed E-state index contributed by atoms with van der Waals surface area (Å²) in [4.78, 5) is 4.13. The van der Waals surface area contributed by atoms with Gasteiger partial charge in [-0.2, -0.15) is 5.10 Å². The first kappa shape index (κ1) is 12.2. The first-order valence-electron chi connectivity index (χ1n) is 6.75. The first-order valence-corrected chi connectivity index (χ1v) is 6.75. The fourth-order valence-corrected chi connectivity index (χ4v) is 2.53. The molecule has 21 heavy (non-hydrogen) atoms. The molecule has 0 spiro atoms. The van der Waals surface area contributed by atoms with Crippen molar-refractivity contribution in [3.63, 3.8) is 0 Å². The lowest BCUT2D eigenvalue weighted by Gasteiger charge is -2.20. The van der Waals surface area contributed by atoms with Crippen molar-refractivity contribution in [1.29, 1.82) is 0 Å². The Kier molecular flexibility index (Phi) is 2.75. The molecule has 3 heterocycles. The minimum atomic E-state index is -0.289. The van der Waals surface area contributed by atoms with Gasteiger partial charge in [0.1, 0.15) is 13.2 Å². The van der Waals surface area contributed by atoms with Gasteiger partial charge in [-0.1, -0.05) is 6.07 Å². The van der Waals surface area contributed by atoms with E-state index in [2.05, 4.69) is 10.1 Å². The van der Waals surface area contributed by atoms with E-state index in [1.165, 1.54) is 0 Å². The number of aromatic nitrogens is 3. The van der Waals surface area contributed by atoms with Crippen LogP contribution in [0, 0.1) is 0 Å². The molecule has 0 saturated heterocycles. The lowest BCUT2D eigenvalue weighted by molar-refractivity contribution is 0.171. The zero-order chi connectivity index (χ0) is 14.2. The second-order valence-corrected chi connectivity index (χ2v) is 4.89. The molecule has 2 N–H and O–H groups in total. The third-order valence-electron chi connectivity index (χ3n) is 3.61. The number of ether oxygens (including phenoxy) is 2. The van der Waals surface area contributed by atoms with E-state index in [4.69, 9.17) is 15.2 Å². The van der Waals surface area contributed by atoms with E-state index in [0.717, 1.165) is 28.1 Å². The molecule has 4 rings (SSSR count). The van der Waals surface area contributed by atoms with Crippen LogP contribution in [0.4, 0.5) is 0 Å². The minimum absolute atomic E-state index is 0.289. The zero-order valence-electron chi connectivity index (χ0n) is 11.3. The lowest BCUT2D eigenvalue weighted by Crippen LogP contribution is -2.17. The Morgan fingerprint density at radius 1 is 1.14 bits per heavy atom. The normalized spacial score (nSPS) is 15.1. The summed E-state index contributed by atoms with van der Waals surface area (Å²) in [5, 5.41) is 4.29. The maximum atomic E-state index is 6.38. The summed E-state index contributed by atoms with van der Waals surface area (Å²) in [5.41, 5.74) is 9.17. The van der Waals surface area contributed by atoms with Crippen molar-refractivity contribution in [2.45, 2.75) is 6.04 Å². The summed E-state index contributed by atoms with van der Waals surface area (Å²) in [6.07, 6.45) is 7.04. The van der Waals surface area contributed by atoms with Crippen LogP contribution in [0.15, 0.2) is 43.0 Å². The Bertz CT molecular complexity index is 799. The van der Waals surface area contributed by atoms with Crippen LogP contribution in [-0.4, -0.2) is 27.8 Å². The fraction of sp³-hybridized carbons (Fsp3) is 0.200. The second-order valence-electron chi connectivity index (χ2n) is 4.89. The highest BCUT2D eigenvalue weighted by Crippen LogP contribution is 2.34. The molecule has 2 aromatic heterocycles. The molecule has 1 aromatic carbocycles. The van der Waals surface area contributed by atoms with Gasteiger partial charge in [0.15, 0.2) is 11.5 Å². The summed E-state index contributed by atoms with van der Waals surface area (Å²) in [5.74, 6) is 1.50. The van der Waals surface area contributed by atoms with Gasteiger partial charge >= 0.3 is 0 Å². The third-order valence-corrected chi connectivity index (χ3v) is 3.61. The van der Waals surface area contributed by atoms with Crippen molar-refractivity contribution >= 4 is 5.52 Å². The van der Waals surface area contributed by atoms with E-state index in [9.17, 15) is 0 Å². The van der Waals surface area contributed by atoms with Crippen LogP contribution in [-0.2, 0) is 0 Å². The van der Waals surface area contributed by atoms with Crippen molar-refractivity contribution in [2.24, 2.45) is 5.73 Å². The Morgan fingerprint density at radius 2 is 2.00 bits per heavy atom. The molecular weight excluding hydrogens is 268 g/mol. The fourth-order valence-electron chi connectivity index (χ4n) is 2.53. The predicted molar refractivity (Wildman–Crippen MR) is 76.4 cm³/mol. The summed E-state index contributed by atoms with van der Waals surface area (Å²) >= 11 is 0. The van der Waals surface area contributed by atoms with Gasteiger partial charge in [-0.05, 0) is 17.7 Å². The van der Waals surface area contributed by atoms with Crippen LogP contribution in [0.1, 0.15) is 17.2 Å². The smallest absolute Gasteiger partial charge is 0.161 e. The van der Waals surface area contributed by atoms with E-state index in [0.29, 0.717) is 13.2 Å². The number of benzene rings is 1. The van der Waals surface area contributed by atoms with Crippen molar-refractivity contribution in [3.8, 4) is 11.5 Å². The van der Waals surface area contributed by atoms with Gasteiger partial charge in [0.2, 0.25) is 0 Å². The Balaban J connectivity index is 1.75.